The second-order valence-corrected chi connectivity index (χ2v) is 5.44. The molecular formula is C15H24F3N3. The fraction of sp³-hybridized carbons (Fsp3) is 0.600. The average molecular weight is 303 g/mol. The topological polar surface area (TPSA) is 32.5 Å². The van der Waals surface area contributed by atoms with Gasteiger partial charge >= 0.3 is 6.18 Å². The minimum absolute atomic E-state index is 0.0877. The number of hydrogen-bond acceptors (Lipinski definition) is 3. The van der Waals surface area contributed by atoms with E-state index in [1.165, 1.54) is 6.07 Å². The molecule has 0 aromatic heterocycles. The lowest BCUT2D eigenvalue weighted by Crippen LogP contribution is -2.40. The van der Waals surface area contributed by atoms with Crippen LogP contribution in [-0.4, -0.2) is 38.1 Å². The zero-order valence-corrected chi connectivity index (χ0v) is 13.0. The number of benzene rings is 1. The maximum Gasteiger partial charge on any atom is 0.416 e. The molecule has 1 aromatic rings. The van der Waals surface area contributed by atoms with Crippen LogP contribution < -0.4 is 10.6 Å². The van der Waals surface area contributed by atoms with Crippen LogP contribution >= 0.6 is 0 Å². The maximum absolute atomic E-state index is 12.8. The van der Waals surface area contributed by atoms with E-state index in [4.69, 9.17) is 5.73 Å². The van der Waals surface area contributed by atoms with Crippen LogP contribution in [0.15, 0.2) is 18.2 Å². The summed E-state index contributed by atoms with van der Waals surface area (Å²) >= 11 is 0. The third-order valence-electron chi connectivity index (χ3n) is 3.44. The van der Waals surface area contributed by atoms with Gasteiger partial charge in [-0.1, -0.05) is 0 Å². The van der Waals surface area contributed by atoms with E-state index in [1.807, 2.05) is 21.0 Å². The van der Waals surface area contributed by atoms with Crippen LogP contribution in [0, 0.1) is 0 Å². The molecule has 6 heteroatoms. The van der Waals surface area contributed by atoms with Crippen LogP contribution in [0.5, 0.6) is 0 Å². The lowest BCUT2D eigenvalue weighted by molar-refractivity contribution is -0.137. The van der Waals surface area contributed by atoms with Gasteiger partial charge in [-0.3, -0.25) is 0 Å². The summed E-state index contributed by atoms with van der Waals surface area (Å²) in [5, 5.41) is 0. The van der Waals surface area contributed by atoms with E-state index in [0.717, 1.165) is 24.4 Å². The van der Waals surface area contributed by atoms with Crippen molar-refractivity contribution in [2.45, 2.75) is 32.6 Å². The van der Waals surface area contributed by atoms with Crippen LogP contribution in [0.1, 0.15) is 25.0 Å². The SMILES string of the molecule is CCN(c1ccc(C(F)(F)F)cc1CN)C(C)CN(C)C. The standard InChI is InChI=1S/C15H24F3N3/c1-5-21(11(2)10-20(3)4)14-7-6-13(15(16,17)18)8-12(14)9-19/h6-8,11H,5,9-10,19H2,1-4H3. The summed E-state index contributed by atoms with van der Waals surface area (Å²) in [5.41, 5.74) is 6.31. The fourth-order valence-electron chi connectivity index (χ4n) is 2.55. The molecule has 3 nitrogen and oxygen atoms in total. The van der Waals surface area contributed by atoms with E-state index in [0.29, 0.717) is 12.1 Å². The molecule has 1 unspecified atom stereocenters. The van der Waals surface area contributed by atoms with Crippen LogP contribution in [0.2, 0.25) is 0 Å². The first-order chi connectivity index (χ1) is 9.70. The lowest BCUT2D eigenvalue weighted by atomic mass is 10.1. The lowest BCUT2D eigenvalue weighted by Gasteiger charge is -2.33. The van der Waals surface area contributed by atoms with Crippen LogP contribution in [0.3, 0.4) is 0 Å². The molecule has 1 rings (SSSR count). The largest absolute Gasteiger partial charge is 0.416 e. The van der Waals surface area contributed by atoms with Crippen molar-refractivity contribution >= 4 is 5.69 Å². The van der Waals surface area contributed by atoms with Crippen molar-refractivity contribution in [1.82, 2.24) is 4.90 Å². The summed E-state index contributed by atoms with van der Waals surface area (Å²) in [5.74, 6) is 0. The molecule has 0 fully saturated rings. The zero-order chi connectivity index (χ0) is 16.2. The van der Waals surface area contributed by atoms with Crippen molar-refractivity contribution in [3.63, 3.8) is 0 Å². The molecule has 0 amide bonds. The monoisotopic (exact) mass is 303 g/mol. The molecule has 0 saturated carbocycles. The predicted octanol–water partition coefficient (Wildman–Crippen LogP) is 2.94. The number of rotatable bonds is 6. The number of nitrogens with zero attached hydrogens (tertiary/aromatic N) is 2. The van der Waals surface area contributed by atoms with Gasteiger partial charge in [-0.2, -0.15) is 13.2 Å². The Morgan fingerprint density at radius 3 is 2.29 bits per heavy atom. The van der Waals surface area contributed by atoms with E-state index >= 15 is 0 Å². The number of alkyl halides is 3. The first-order valence-electron chi connectivity index (χ1n) is 7.02. The van der Waals surface area contributed by atoms with Crippen LogP contribution in [-0.2, 0) is 12.7 Å². The molecule has 2 N–H and O–H groups in total. The maximum atomic E-state index is 12.8. The van der Waals surface area contributed by atoms with Crippen molar-refractivity contribution < 1.29 is 13.2 Å². The Hall–Kier alpha value is -1.27. The number of nitrogens with two attached hydrogens (primary N) is 1. The Morgan fingerprint density at radius 1 is 1.24 bits per heavy atom. The summed E-state index contributed by atoms with van der Waals surface area (Å²) in [6.07, 6.45) is -4.34. The summed E-state index contributed by atoms with van der Waals surface area (Å²) in [6, 6.07) is 3.99. The van der Waals surface area contributed by atoms with E-state index in [1.54, 1.807) is 0 Å². The Morgan fingerprint density at radius 2 is 1.86 bits per heavy atom. The van der Waals surface area contributed by atoms with Gasteiger partial charge < -0.3 is 15.5 Å². The molecular weight excluding hydrogens is 279 g/mol. The Bertz CT molecular complexity index is 458. The van der Waals surface area contributed by atoms with Crippen molar-refractivity contribution in [2.24, 2.45) is 5.73 Å². The quantitative estimate of drug-likeness (QED) is 0.877. The number of anilines is 1. The van der Waals surface area contributed by atoms with Crippen molar-refractivity contribution in [1.29, 1.82) is 0 Å². The molecule has 21 heavy (non-hydrogen) atoms. The molecule has 0 saturated heterocycles. The second kappa shape index (κ2) is 7.13. The average Bonchev–Trinajstić information content (AvgIpc) is 2.37. The number of likely N-dealkylation sites (N-methyl/N-ethyl adjacent to an activating group) is 2. The first kappa shape index (κ1) is 17.8. The van der Waals surface area contributed by atoms with E-state index in [2.05, 4.69) is 16.7 Å². The van der Waals surface area contributed by atoms with Crippen LogP contribution in [0.4, 0.5) is 18.9 Å². The van der Waals surface area contributed by atoms with E-state index < -0.39 is 11.7 Å². The Labute approximate surface area is 124 Å². The van der Waals surface area contributed by atoms with E-state index in [-0.39, 0.29) is 12.6 Å². The van der Waals surface area contributed by atoms with Crippen LogP contribution in [0.25, 0.3) is 0 Å². The highest BCUT2D eigenvalue weighted by molar-refractivity contribution is 5.56. The van der Waals surface area contributed by atoms with Crippen molar-refractivity contribution in [2.75, 3.05) is 32.1 Å². The van der Waals surface area contributed by atoms with E-state index in [9.17, 15) is 13.2 Å². The molecule has 0 bridgehead atoms. The van der Waals surface area contributed by atoms with Gasteiger partial charge in [0.2, 0.25) is 0 Å². The molecule has 1 aromatic carbocycles. The summed E-state index contributed by atoms with van der Waals surface area (Å²) < 4.78 is 38.4. The van der Waals surface area contributed by atoms with Gasteiger partial charge in [0, 0.05) is 31.4 Å². The molecule has 0 radical (unpaired) electrons. The van der Waals surface area contributed by atoms with Gasteiger partial charge in [0.05, 0.1) is 5.56 Å². The first-order valence-corrected chi connectivity index (χ1v) is 7.02. The number of halogens is 3. The smallest absolute Gasteiger partial charge is 0.368 e. The second-order valence-electron chi connectivity index (χ2n) is 5.44. The predicted molar refractivity (Wildman–Crippen MR) is 80.4 cm³/mol. The summed E-state index contributed by atoms with van der Waals surface area (Å²) in [4.78, 5) is 4.14. The van der Waals surface area contributed by atoms with Crippen molar-refractivity contribution in [3.05, 3.63) is 29.3 Å². The summed E-state index contributed by atoms with van der Waals surface area (Å²) in [6.45, 7) is 5.67. The summed E-state index contributed by atoms with van der Waals surface area (Å²) in [7, 11) is 3.95. The third-order valence-corrected chi connectivity index (χ3v) is 3.44. The van der Waals surface area contributed by atoms with Crippen molar-refractivity contribution in [3.8, 4) is 0 Å². The minimum atomic E-state index is -4.34. The molecule has 0 heterocycles. The number of hydrogen-bond donors (Lipinski definition) is 1. The highest BCUT2D eigenvalue weighted by Gasteiger charge is 2.31. The van der Waals surface area contributed by atoms with Gasteiger partial charge in [-0.15, -0.1) is 0 Å². The molecule has 120 valence electrons. The zero-order valence-electron chi connectivity index (χ0n) is 13.0. The minimum Gasteiger partial charge on any atom is -0.368 e. The third kappa shape index (κ3) is 4.61. The highest BCUT2D eigenvalue weighted by atomic mass is 19.4. The highest BCUT2D eigenvalue weighted by Crippen LogP contribution is 2.33. The Kier molecular flexibility index (Phi) is 6.04. The fourth-order valence-corrected chi connectivity index (χ4v) is 2.55. The molecule has 1 atom stereocenters. The van der Waals surface area contributed by atoms with Gasteiger partial charge in [0.15, 0.2) is 0 Å². The van der Waals surface area contributed by atoms with Gasteiger partial charge in [0.1, 0.15) is 0 Å². The Balaban J connectivity index is 3.15. The molecule has 0 aliphatic carbocycles. The molecule has 0 aliphatic rings. The van der Waals surface area contributed by atoms with Gasteiger partial charge in [-0.25, -0.2) is 0 Å². The molecule has 0 spiro atoms. The normalized spacial score (nSPS) is 13.6. The van der Waals surface area contributed by atoms with Gasteiger partial charge in [-0.05, 0) is 51.7 Å². The molecule has 0 aliphatic heterocycles. The van der Waals surface area contributed by atoms with Gasteiger partial charge in [0.25, 0.3) is 0 Å².